The molecule has 0 saturated heterocycles. The van der Waals surface area contributed by atoms with E-state index < -0.39 is 0 Å². The minimum atomic E-state index is -0.343. The molecular formula is C9H7ClFN3S2. The van der Waals surface area contributed by atoms with Crippen LogP contribution in [0.3, 0.4) is 0 Å². The molecule has 1 heterocycles. The number of benzene rings is 1. The first-order valence-corrected chi connectivity index (χ1v) is 6.44. The van der Waals surface area contributed by atoms with E-state index in [1.54, 1.807) is 6.07 Å². The average Bonchev–Trinajstić information content (AvgIpc) is 2.59. The van der Waals surface area contributed by atoms with Gasteiger partial charge < -0.3 is 5.73 Å². The van der Waals surface area contributed by atoms with Crippen molar-refractivity contribution in [1.82, 2.24) is 9.59 Å². The van der Waals surface area contributed by atoms with Gasteiger partial charge in [0.1, 0.15) is 15.8 Å². The molecule has 1 aromatic heterocycles. The molecule has 0 aliphatic heterocycles. The molecule has 0 bridgehead atoms. The Balaban J connectivity index is 2.07. The second kappa shape index (κ2) is 4.99. The number of thioether (sulfide) groups is 1. The summed E-state index contributed by atoms with van der Waals surface area (Å²) in [6.07, 6.45) is 0. The Kier molecular flexibility index (Phi) is 3.63. The fourth-order valence-corrected chi connectivity index (χ4v) is 2.82. The maximum absolute atomic E-state index is 13.0. The van der Waals surface area contributed by atoms with Gasteiger partial charge in [-0.3, -0.25) is 0 Å². The van der Waals surface area contributed by atoms with Crippen molar-refractivity contribution in [3.8, 4) is 0 Å². The lowest BCUT2D eigenvalue weighted by atomic mass is 10.3. The molecule has 0 aliphatic rings. The number of hydrogen-bond acceptors (Lipinski definition) is 5. The van der Waals surface area contributed by atoms with Crippen LogP contribution >= 0.6 is 34.9 Å². The highest BCUT2D eigenvalue weighted by Crippen LogP contribution is 2.28. The lowest BCUT2D eigenvalue weighted by Crippen LogP contribution is -1.88. The molecule has 2 rings (SSSR count). The molecule has 2 aromatic rings. The van der Waals surface area contributed by atoms with E-state index in [9.17, 15) is 4.39 Å². The maximum Gasteiger partial charge on any atom is 0.138 e. The molecule has 7 heteroatoms. The first kappa shape index (κ1) is 11.6. The minimum Gasteiger partial charge on any atom is -0.399 e. The second-order valence-electron chi connectivity index (χ2n) is 3.00. The van der Waals surface area contributed by atoms with Crippen LogP contribution in [0.2, 0.25) is 4.34 Å². The van der Waals surface area contributed by atoms with Crippen LogP contribution in [-0.4, -0.2) is 9.59 Å². The van der Waals surface area contributed by atoms with Gasteiger partial charge in [-0.05, 0) is 18.2 Å². The van der Waals surface area contributed by atoms with Crippen molar-refractivity contribution in [1.29, 1.82) is 0 Å². The lowest BCUT2D eigenvalue weighted by Gasteiger charge is -2.01. The van der Waals surface area contributed by atoms with E-state index in [-0.39, 0.29) is 5.82 Å². The van der Waals surface area contributed by atoms with E-state index in [1.807, 2.05) is 0 Å². The predicted octanol–water partition coefficient (Wildman–Crippen LogP) is 3.21. The monoisotopic (exact) mass is 275 g/mol. The summed E-state index contributed by atoms with van der Waals surface area (Å²) >= 11 is 8.41. The molecule has 0 fully saturated rings. The quantitative estimate of drug-likeness (QED) is 0.690. The van der Waals surface area contributed by atoms with Crippen molar-refractivity contribution in [3.05, 3.63) is 34.0 Å². The zero-order valence-electron chi connectivity index (χ0n) is 7.98. The van der Waals surface area contributed by atoms with Crippen LogP contribution in [0.1, 0.15) is 5.69 Å². The van der Waals surface area contributed by atoms with E-state index in [2.05, 4.69) is 9.59 Å². The van der Waals surface area contributed by atoms with Crippen LogP contribution in [0.15, 0.2) is 23.1 Å². The molecule has 0 atom stereocenters. The molecule has 84 valence electrons. The van der Waals surface area contributed by atoms with Crippen molar-refractivity contribution < 1.29 is 4.39 Å². The van der Waals surface area contributed by atoms with Crippen molar-refractivity contribution in [3.63, 3.8) is 0 Å². The van der Waals surface area contributed by atoms with Gasteiger partial charge in [-0.2, -0.15) is 0 Å². The van der Waals surface area contributed by atoms with Gasteiger partial charge in [0.2, 0.25) is 0 Å². The smallest absolute Gasteiger partial charge is 0.138 e. The van der Waals surface area contributed by atoms with Gasteiger partial charge in [-0.25, -0.2) is 4.39 Å². The number of hydrogen-bond donors (Lipinski definition) is 1. The molecule has 2 N–H and O–H groups in total. The second-order valence-corrected chi connectivity index (χ2v) is 5.41. The van der Waals surface area contributed by atoms with Gasteiger partial charge in [-0.15, -0.1) is 16.9 Å². The van der Waals surface area contributed by atoms with Crippen LogP contribution in [0.25, 0.3) is 0 Å². The number of nitrogen functional groups attached to an aromatic ring is 1. The van der Waals surface area contributed by atoms with Gasteiger partial charge in [-0.1, -0.05) is 16.1 Å². The van der Waals surface area contributed by atoms with Crippen molar-refractivity contribution in [2.24, 2.45) is 0 Å². The molecule has 0 amide bonds. The Morgan fingerprint density at radius 1 is 1.44 bits per heavy atom. The summed E-state index contributed by atoms with van der Waals surface area (Å²) in [6.45, 7) is 0. The maximum atomic E-state index is 13.0. The molecule has 0 aliphatic carbocycles. The molecule has 3 nitrogen and oxygen atoms in total. The molecule has 0 radical (unpaired) electrons. The zero-order valence-corrected chi connectivity index (χ0v) is 10.4. The molecule has 0 unspecified atom stereocenters. The van der Waals surface area contributed by atoms with Gasteiger partial charge >= 0.3 is 0 Å². The van der Waals surface area contributed by atoms with Crippen LogP contribution in [0.4, 0.5) is 10.1 Å². The average molecular weight is 276 g/mol. The summed E-state index contributed by atoms with van der Waals surface area (Å²) in [5.41, 5.74) is 6.65. The topological polar surface area (TPSA) is 51.8 Å². The third kappa shape index (κ3) is 2.84. The summed E-state index contributed by atoms with van der Waals surface area (Å²) < 4.78 is 17.3. The van der Waals surface area contributed by atoms with E-state index >= 15 is 0 Å². The summed E-state index contributed by atoms with van der Waals surface area (Å²) in [4.78, 5) is 0.751. The van der Waals surface area contributed by atoms with Gasteiger partial charge in [0.05, 0.1) is 0 Å². The number of rotatable bonds is 3. The number of nitrogens with zero attached hydrogens (tertiary/aromatic N) is 2. The summed E-state index contributed by atoms with van der Waals surface area (Å²) in [5.74, 6) is 0.211. The fourth-order valence-electron chi connectivity index (χ4n) is 1.10. The Hall–Kier alpha value is -0.850. The predicted molar refractivity (Wildman–Crippen MR) is 65.3 cm³/mol. The number of aromatic nitrogens is 2. The Labute approximate surface area is 105 Å². The first-order valence-electron chi connectivity index (χ1n) is 4.31. The van der Waals surface area contributed by atoms with E-state index in [0.717, 1.165) is 16.4 Å². The summed E-state index contributed by atoms with van der Waals surface area (Å²) in [7, 11) is 0. The van der Waals surface area contributed by atoms with Crippen LogP contribution < -0.4 is 5.73 Å². The molecule has 16 heavy (non-hydrogen) atoms. The normalized spacial score (nSPS) is 10.6. The van der Waals surface area contributed by atoms with Crippen molar-refractivity contribution >= 4 is 40.6 Å². The molecule has 0 saturated carbocycles. The fraction of sp³-hybridized carbons (Fsp3) is 0.111. The third-order valence-corrected chi connectivity index (χ3v) is 3.75. The highest BCUT2D eigenvalue weighted by molar-refractivity contribution is 7.98. The minimum absolute atomic E-state index is 0.343. The van der Waals surface area contributed by atoms with Gasteiger partial charge in [0, 0.05) is 27.9 Å². The third-order valence-electron chi connectivity index (χ3n) is 1.78. The number of nitrogens with two attached hydrogens (primary N) is 1. The Morgan fingerprint density at radius 3 is 2.88 bits per heavy atom. The van der Waals surface area contributed by atoms with E-state index in [1.165, 1.54) is 23.9 Å². The van der Waals surface area contributed by atoms with Gasteiger partial charge in [0.25, 0.3) is 0 Å². The standard InChI is InChI=1S/C9H7ClFN3S2/c10-9-8(13-14-16-9)4-15-7-2-5(11)1-6(12)3-7/h1-3H,4,12H2. The van der Waals surface area contributed by atoms with E-state index in [4.69, 9.17) is 17.3 Å². The first-order chi connectivity index (χ1) is 7.65. The van der Waals surface area contributed by atoms with Crippen molar-refractivity contribution in [2.75, 3.05) is 5.73 Å². The van der Waals surface area contributed by atoms with Crippen LogP contribution in [0.5, 0.6) is 0 Å². The Bertz CT molecular complexity index is 483. The molecule has 1 aromatic carbocycles. The number of anilines is 1. The largest absolute Gasteiger partial charge is 0.399 e. The molecule has 0 spiro atoms. The summed E-state index contributed by atoms with van der Waals surface area (Å²) in [5, 5.41) is 3.87. The lowest BCUT2D eigenvalue weighted by molar-refractivity contribution is 0.625. The summed E-state index contributed by atoms with van der Waals surface area (Å²) in [6, 6.07) is 4.41. The molecular weight excluding hydrogens is 269 g/mol. The number of halogens is 2. The zero-order chi connectivity index (χ0) is 11.5. The van der Waals surface area contributed by atoms with Crippen molar-refractivity contribution in [2.45, 2.75) is 10.6 Å². The van der Waals surface area contributed by atoms with Crippen LogP contribution in [0, 0.1) is 5.82 Å². The van der Waals surface area contributed by atoms with Crippen LogP contribution in [-0.2, 0) is 5.75 Å². The SMILES string of the molecule is Nc1cc(F)cc(SCc2nnsc2Cl)c1. The van der Waals surface area contributed by atoms with E-state index in [0.29, 0.717) is 21.5 Å². The highest BCUT2D eigenvalue weighted by Gasteiger charge is 2.06. The Morgan fingerprint density at radius 2 is 2.25 bits per heavy atom. The van der Waals surface area contributed by atoms with Gasteiger partial charge in [0.15, 0.2) is 0 Å². The highest BCUT2D eigenvalue weighted by atomic mass is 35.5.